The molecule has 1 heterocycles. The van der Waals surface area contributed by atoms with Crippen LogP contribution in [0.2, 0.25) is 0 Å². The van der Waals surface area contributed by atoms with Crippen molar-refractivity contribution in [3.05, 3.63) is 53.6 Å². The first-order valence-electron chi connectivity index (χ1n) is 8.11. The number of aryl methyl sites for hydroxylation is 1. The Morgan fingerprint density at radius 3 is 2.70 bits per heavy atom. The molecule has 0 spiro atoms. The third-order valence-electron chi connectivity index (χ3n) is 4.09. The lowest BCUT2D eigenvalue weighted by atomic mass is 10.1. The highest BCUT2D eigenvalue weighted by Crippen LogP contribution is 2.33. The van der Waals surface area contributed by atoms with Gasteiger partial charge in [0, 0.05) is 18.2 Å². The number of nitrogens with one attached hydrogen (secondary N) is 1. The normalized spacial score (nSPS) is 14.5. The number of para-hydroxylation sites is 1. The molecule has 0 fully saturated rings. The van der Waals surface area contributed by atoms with Crippen molar-refractivity contribution in [1.82, 2.24) is 5.32 Å². The van der Waals surface area contributed by atoms with Crippen LogP contribution in [-0.2, 0) is 13.0 Å². The Morgan fingerprint density at radius 1 is 1.09 bits per heavy atom. The SMILES string of the molecule is CC(CCc1ccc(O)cc1)NCc1cccc2c1OCCO2. The topological polar surface area (TPSA) is 50.7 Å². The molecule has 0 amide bonds. The van der Waals surface area contributed by atoms with Crippen LogP contribution in [-0.4, -0.2) is 24.4 Å². The van der Waals surface area contributed by atoms with Crippen LogP contribution in [0.25, 0.3) is 0 Å². The number of phenols is 1. The minimum Gasteiger partial charge on any atom is -0.508 e. The van der Waals surface area contributed by atoms with Crippen LogP contribution in [0.15, 0.2) is 42.5 Å². The van der Waals surface area contributed by atoms with Gasteiger partial charge in [-0.3, -0.25) is 0 Å². The molecule has 1 aliphatic heterocycles. The molecule has 4 heteroatoms. The molecule has 0 aliphatic carbocycles. The summed E-state index contributed by atoms with van der Waals surface area (Å²) in [4.78, 5) is 0. The molecule has 2 aromatic rings. The van der Waals surface area contributed by atoms with E-state index in [9.17, 15) is 5.11 Å². The largest absolute Gasteiger partial charge is 0.508 e. The van der Waals surface area contributed by atoms with Gasteiger partial charge in [0.1, 0.15) is 19.0 Å². The minimum absolute atomic E-state index is 0.316. The van der Waals surface area contributed by atoms with Crippen molar-refractivity contribution < 1.29 is 14.6 Å². The molecule has 0 saturated carbocycles. The van der Waals surface area contributed by atoms with Gasteiger partial charge in [0.2, 0.25) is 0 Å². The maximum Gasteiger partial charge on any atom is 0.165 e. The Balaban J connectivity index is 1.51. The summed E-state index contributed by atoms with van der Waals surface area (Å²) in [6, 6.07) is 13.8. The summed E-state index contributed by atoms with van der Waals surface area (Å²) >= 11 is 0. The van der Waals surface area contributed by atoms with E-state index >= 15 is 0 Å². The fraction of sp³-hybridized carbons (Fsp3) is 0.368. The van der Waals surface area contributed by atoms with Crippen molar-refractivity contribution >= 4 is 0 Å². The van der Waals surface area contributed by atoms with Gasteiger partial charge in [0.25, 0.3) is 0 Å². The van der Waals surface area contributed by atoms with Crippen LogP contribution in [0, 0.1) is 0 Å². The predicted molar refractivity (Wildman–Crippen MR) is 90.2 cm³/mol. The third kappa shape index (κ3) is 4.17. The van der Waals surface area contributed by atoms with Crippen molar-refractivity contribution in [2.45, 2.75) is 32.4 Å². The lowest BCUT2D eigenvalue weighted by Gasteiger charge is -2.22. The van der Waals surface area contributed by atoms with E-state index in [1.807, 2.05) is 24.3 Å². The maximum absolute atomic E-state index is 9.31. The van der Waals surface area contributed by atoms with E-state index < -0.39 is 0 Å². The van der Waals surface area contributed by atoms with Crippen molar-refractivity contribution in [2.24, 2.45) is 0 Å². The van der Waals surface area contributed by atoms with Gasteiger partial charge in [-0.2, -0.15) is 0 Å². The molecule has 0 radical (unpaired) electrons. The fourth-order valence-corrected chi connectivity index (χ4v) is 2.71. The highest BCUT2D eigenvalue weighted by atomic mass is 16.6. The van der Waals surface area contributed by atoms with Gasteiger partial charge in [0.05, 0.1) is 0 Å². The number of fused-ring (bicyclic) bond motifs is 1. The van der Waals surface area contributed by atoms with Crippen LogP contribution in [0.5, 0.6) is 17.2 Å². The Morgan fingerprint density at radius 2 is 1.87 bits per heavy atom. The second-order valence-electron chi connectivity index (χ2n) is 5.93. The number of aromatic hydroxyl groups is 1. The molecule has 4 nitrogen and oxygen atoms in total. The first-order chi connectivity index (χ1) is 11.2. The average molecular weight is 313 g/mol. The fourth-order valence-electron chi connectivity index (χ4n) is 2.71. The Kier molecular flexibility index (Phi) is 5.03. The van der Waals surface area contributed by atoms with Crippen molar-refractivity contribution in [1.29, 1.82) is 0 Å². The number of phenolic OH excluding ortho intramolecular Hbond substituents is 1. The zero-order chi connectivity index (χ0) is 16.1. The molecule has 3 rings (SSSR count). The molecule has 2 N–H and O–H groups in total. The second kappa shape index (κ2) is 7.38. The number of benzene rings is 2. The molecule has 1 atom stereocenters. The van der Waals surface area contributed by atoms with Crippen molar-refractivity contribution in [3.8, 4) is 17.2 Å². The van der Waals surface area contributed by atoms with Crippen LogP contribution in [0.4, 0.5) is 0 Å². The predicted octanol–water partition coefficient (Wildman–Crippen LogP) is 3.27. The quantitative estimate of drug-likeness (QED) is 0.859. The lowest BCUT2D eigenvalue weighted by Crippen LogP contribution is -2.27. The zero-order valence-corrected chi connectivity index (χ0v) is 13.4. The van der Waals surface area contributed by atoms with E-state index in [1.165, 1.54) is 5.56 Å². The monoisotopic (exact) mass is 313 g/mol. The Hall–Kier alpha value is -2.20. The zero-order valence-electron chi connectivity index (χ0n) is 13.4. The van der Waals surface area contributed by atoms with Gasteiger partial charge < -0.3 is 19.9 Å². The average Bonchev–Trinajstić information content (AvgIpc) is 2.59. The minimum atomic E-state index is 0.316. The first kappa shape index (κ1) is 15.7. The summed E-state index contributed by atoms with van der Waals surface area (Å²) in [6.07, 6.45) is 2.03. The third-order valence-corrected chi connectivity index (χ3v) is 4.09. The molecule has 0 aromatic heterocycles. The molecule has 0 bridgehead atoms. The standard InChI is InChI=1S/C19H23NO3/c1-14(5-6-15-7-9-17(21)10-8-15)20-13-16-3-2-4-18-19(16)23-12-11-22-18/h2-4,7-10,14,20-21H,5-6,11-13H2,1H3. The van der Waals surface area contributed by atoms with Crippen molar-refractivity contribution in [3.63, 3.8) is 0 Å². The van der Waals surface area contributed by atoms with Gasteiger partial charge in [-0.1, -0.05) is 24.3 Å². The molecule has 1 unspecified atom stereocenters. The van der Waals surface area contributed by atoms with Crippen LogP contribution in [0.1, 0.15) is 24.5 Å². The number of rotatable bonds is 6. The molecule has 2 aromatic carbocycles. The first-order valence-corrected chi connectivity index (χ1v) is 8.11. The van der Waals surface area contributed by atoms with Crippen molar-refractivity contribution in [2.75, 3.05) is 13.2 Å². The summed E-state index contributed by atoms with van der Waals surface area (Å²) in [5.74, 6) is 2.03. The van der Waals surface area contributed by atoms with E-state index in [2.05, 4.69) is 18.3 Å². The second-order valence-corrected chi connectivity index (χ2v) is 5.93. The van der Waals surface area contributed by atoms with E-state index in [-0.39, 0.29) is 0 Å². The summed E-state index contributed by atoms with van der Waals surface area (Å²) in [6.45, 7) is 4.18. The Labute approximate surface area is 137 Å². The highest BCUT2D eigenvalue weighted by molar-refractivity contribution is 5.47. The summed E-state index contributed by atoms with van der Waals surface area (Å²) in [5.41, 5.74) is 2.38. The highest BCUT2D eigenvalue weighted by Gasteiger charge is 2.15. The van der Waals surface area contributed by atoms with Gasteiger partial charge >= 0.3 is 0 Å². The van der Waals surface area contributed by atoms with Crippen LogP contribution in [0.3, 0.4) is 0 Å². The van der Waals surface area contributed by atoms with E-state index in [0.29, 0.717) is 25.0 Å². The number of hydrogen-bond donors (Lipinski definition) is 2. The van der Waals surface area contributed by atoms with E-state index in [4.69, 9.17) is 9.47 Å². The Bertz CT molecular complexity index is 640. The van der Waals surface area contributed by atoms with E-state index in [1.54, 1.807) is 12.1 Å². The smallest absolute Gasteiger partial charge is 0.165 e. The molecular weight excluding hydrogens is 290 g/mol. The van der Waals surface area contributed by atoms with Crippen LogP contribution >= 0.6 is 0 Å². The van der Waals surface area contributed by atoms with Gasteiger partial charge in [-0.05, 0) is 43.5 Å². The molecule has 122 valence electrons. The lowest BCUT2D eigenvalue weighted by molar-refractivity contribution is 0.169. The number of ether oxygens (including phenoxy) is 2. The van der Waals surface area contributed by atoms with Gasteiger partial charge in [-0.15, -0.1) is 0 Å². The summed E-state index contributed by atoms with van der Waals surface area (Å²) in [7, 11) is 0. The maximum atomic E-state index is 9.31. The van der Waals surface area contributed by atoms with Crippen LogP contribution < -0.4 is 14.8 Å². The van der Waals surface area contributed by atoms with Gasteiger partial charge in [0.15, 0.2) is 11.5 Å². The number of hydrogen-bond acceptors (Lipinski definition) is 4. The molecule has 1 aliphatic rings. The van der Waals surface area contributed by atoms with E-state index in [0.717, 1.165) is 36.4 Å². The molecule has 23 heavy (non-hydrogen) atoms. The summed E-state index contributed by atoms with van der Waals surface area (Å²) in [5, 5.41) is 12.9. The summed E-state index contributed by atoms with van der Waals surface area (Å²) < 4.78 is 11.4. The molecular formula is C19H23NO3. The molecule has 0 saturated heterocycles. The van der Waals surface area contributed by atoms with Gasteiger partial charge in [-0.25, -0.2) is 0 Å².